The number of benzene rings is 2. The number of thioether (sulfide) groups is 1. The number of methoxy groups -OCH3 is 1. The highest BCUT2D eigenvalue weighted by Gasteiger charge is 2.26. The molecule has 0 N–H and O–H groups in total. The molecule has 1 atom stereocenters. The molecule has 0 unspecified atom stereocenters. The van der Waals surface area contributed by atoms with Crippen LogP contribution in [0, 0.1) is 5.92 Å². The van der Waals surface area contributed by atoms with Crippen LogP contribution in [0.25, 0.3) is 15.9 Å². The van der Waals surface area contributed by atoms with Crippen LogP contribution in [0.3, 0.4) is 0 Å². The maximum Gasteiger partial charge on any atom is 0.267 e. The Morgan fingerprint density at radius 1 is 1.16 bits per heavy atom. The minimum absolute atomic E-state index is 0.0610. The first-order chi connectivity index (χ1) is 15.7. The number of aromatic nitrogens is 2. The van der Waals surface area contributed by atoms with Gasteiger partial charge in [-0.2, -0.15) is 0 Å². The Bertz CT molecular complexity index is 1290. The maximum atomic E-state index is 13.8. The van der Waals surface area contributed by atoms with E-state index in [1.54, 1.807) is 34.8 Å². The highest BCUT2D eigenvalue weighted by Crippen LogP contribution is 2.38. The minimum atomic E-state index is 0.0610. The van der Waals surface area contributed by atoms with E-state index in [1.807, 2.05) is 42.5 Å². The van der Waals surface area contributed by atoms with E-state index >= 15 is 0 Å². The van der Waals surface area contributed by atoms with Crippen molar-refractivity contribution in [1.29, 1.82) is 0 Å². The summed E-state index contributed by atoms with van der Waals surface area (Å²) in [6.07, 6.45) is 4.41. The van der Waals surface area contributed by atoms with E-state index in [1.165, 1.54) is 22.4 Å². The molecule has 4 nitrogen and oxygen atoms in total. The zero-order valence-electron chi connectivity index (χ0n) is 18.3. The molecular formula is C26H26N2O2S2. The number of nitrogens with zero attached hydrogens (tertiary/aromatic N) is 2. The molecule has 4 aromatic rings. The Hall–Kier alpha value is -2.57. The SMILES string of the molecule is CC[C@@H]1CCc2c(sc3nc(SCc4ccc(OC)cc4)n(-c4ccccc4)c(=O)c23)C1. The van der Waals surface area contributed by atoms with Crippen molar-refractivity contribution < 1.29 is 4.74 Å². The molecule has 2 heterocycles. The van der Waals surface area contributed by atoms with Crippen molar-refractivity contribution in [2.24, 2.45) is 5.92 Å². The van der Waals surface area contributed by atoms with Gasteiger partial charge in [0.15, 0.2) is 5.16 Å². The number of thiophene rings is 1. The van der Waals surface area contributed by atoms with Crippen LogP contribution in [-0.2, 0) is 18.6 Å². The van der Waals surface area contributed by atoms with Gasteiger partial charge in [0.25, 0.3) is 5.56 Å². The van der Waals surface area contributed by atoms with Crippen LogP contribution in [-0.4, -0.2) is 16.7 Å². The second-order valence-electron chi connectivity index (χ2n) is 8.21. The fourth-order valence-corrected chi connectivity index (χ4v) is 6.74. The summed E-state index contributed by atoms with van der Waals surface area (Å²) in [6, 6.07) is 17.9. The van der Waals surface area contributed by atoms with Crippen LogP contribution in [0.1, 0.15) is 35.8 Å². The Balaban J connectivity index is 1.59. The molecule has 2 aromatic carbocycles. The summed E-state index contributed by atoms with van der Waals surface area (Å²) in [5.74, 6) is 2.29. The van der Waals surface area contributed by atoms with Gasteiger partial charge in [0.2, 0.25) is 0 Å². The lowest BCUT2D eigenvalue weighted by molar-refractivity contribution is 0.414. The van der Waals surface area contributed by atoms with Gasteiger partial charge in [-0.1, -0.05) is 55.4 Å². The Labute approximate surface area is 196 Å². The van der Waals surface area contributed by atoms with E-state index in [0.717, 1.165) is 57.7 Å². The molecule has 0 spiro atoms. The molecule has 164 valence electrons. The number of para-hydroxylation sites is 1. The Morgan fingerprint density at radius 3 is 2.66 bits per heavy atom. The molecule has 0 aliphatic heterocycles. The molecule has 0 saturated heterocycles. The molecule has 0 radical (unpaired) electrons. The third-order valence-corrected chi connectivity index (χ3v) is 8.43. The number of aryl methyl sites for hydroxylation is 1. The van der Waals surface area contributed by atoms with Gasteiger partial charge in [0.05, 0.1) is 18.2 Å². The van der Waals surface area contributed by atoms with Gasteiger partial charge in [-0.25, -0.2) is 4.98 Å². The average molecular weight is 463 g/mol. The second kappa shape index (κ2) is 9.12. The molecule has 2 aromatic heterocycles. The lowest BCUT2D eigenvalue weighted by atomic mass is 9.86. The van der Waals surface area contributed by atoms with E-state index < -0.39 is 0 Å². The van der Waals surface area contributed by atoms with Gasteiger partial charge in [0.1, 0.15) is 10.6 Å². The van der Waals surface area contributed by atoms with Crippen LogP contribution in [0.15, 0.2) is 64.5 Å². The molecule has 1 aliphatic carbocycles. The van der Waals surface area contributed by atoms with Gasteiger partial charge in [-0.3, -0.25) is 9.36 Å². The first kappa shape index (κ1) is 21.3. The molecule has 0 saturated carbocycles. The third-order valence-electron chi connectivity index (χ3n) is 6.27. The number of hydrogen-bond acceptors (Lipinski definition) is 5. The van der Waals surface area contributed by atoms with E-state index in [4.69, 9.17) is 9.72 Å². The third kappa shape index (κ3) is 3.97. The summed E-state index contributed by atoms with van der Waals surface area (Å²) < 4.78 is 7.07. The van der Waals surface area contributed by atoms with Gasteiger partial charge >= 0.3 is 0 Å². The normalized spacial score (nSPS) is 15.6. The summed E-state index contributed by atoms with van der Waals surface area (Å²) in [5.41, 5.74) is 3.34. The summed E-state index contributed by atoms with van der Waals surface area (Å²) in [4.78, 5) is 21.1. The molecule has 5 rings (SSSR count). The number of rotatable bonds is 6. The van der Waals surface area contributed by atoms with Crippen molar-refractivity contribution in [3.8, 4) is 11.4 Å². The predicted molar refractivity (Wildman–Crippen MR) is 134 cm³/mol. The highest BCUT2D eigenvalue weighted by atomic mass is 32.2. The zero-order chi connectivity index (χ0) is 22.1. The number of hydrogen-bond donors (Lipinski definition) is 0. The van der Waals surface area contributed by atoms with Crippen molar-refractivity contribution in [2.45, 2.75) is 43.5 Å². The highest BCUT2D eigenvalue weighted by molar-refractivity contribution is 7.98. The Kier molecular flexibility index (Phi) is 6.07. The van der Waals surface area contributed by atoms with E-state index in [0.29, 0.717) is 0 Å². The van der Waals surface area contributed by atoms with Crippen LogP contribution in [0.5, 0.6) is 5.75 Å². The fraction of sp³-hybridized carbons (Fsp3) is 0.308. The summed E-state index contributed by atoms with van der Waals surface area (Å²) >= 11 is 3.33. The number of fused-ring (bicyclic) bond motifs is 3. The molecule has 0 bridgehead atoms. The van der Waals surface area contributed by atoms with Crippen molar-refractivity contribution >= 4 is 33.3 Å². The quantitative estimate of drug-likeness (QED) is 0.250. The average Bonchev–Trinajstić information content (AvgIpc) is 3.21. The van der Waals surface area contributed by atoms with E-state index in [2.05, 4.69) is 19.1 Å². The van der Waals surface area contributed by atoms with E-state index in [9.17, 15) is 4.79 Å². The van der Waals surface area contributed by atoms with Crippen molar-refractivity contribution in [1.82, 2.24) is 9.55 Å². The molecule has 0 fully saturated rings. The molecular weight excluding hydrogens is 436 g/mol. The second-order valence-corrected chi connectivity index (χ2v) is 10.2. The fourth-order valence-electron chi connectivity index (χ4n) is 4.39. The molecule has 1 aliphatic rings. The van der Waals surface area contributed by atoms with Crippen LogP contribution in [0.4, 0.5) is 0 Å². The summed E-state index contributed by atoms with van der Waals surface area (Å²) in [7, 11) is 1.67. The largest absolute Gasteiger partial charge is 0.497 e. The minimum Gasteiger partial charge on any atom is -0.497 e. The molecule has 6 heteroatoms. The lowest BCUT2D eigenvalue weighted by Crippen LogP contribution is -2.22. The summed E-state index contributed by atoms with van der Waals surface area (Å²) in [6.45, 7) is 2.26. The van der Waals surface area contributed by atoms with Crippen LogP contribution >= 0.6 is 23.1 Å². The lowest BCUT2D eigenvalue weighted by Gasteiger charge is -2.20. The number of ether oxygens (including phenoxy) is 1. The van der Waals surface area contributed by atoms with Crippen molar-refractivity contribution in [3.05, 3.63) is 81.0 Å². The first-order valence-electron chi connectivity index (χ1n) is 11.1. The van der Waals surface area contributed by atoms with Gasteiger partial charge in [-0.05, 0) is 60.6 Å². The van der Waals surface area contributed by atoms with Gasteiger partial charge < -0.3 is 4.74 Å². The monoisotopic (exact) mass is 462 g/mol. The Morgan fingerprint density at radius 2 is 1.94 bits per heavy atom. The molecule has 32 heavy (non-hydrogen) atoms. The topological polar surface area (TPSA) is 44.1 Å². The predicted octanol–water partition coefficient (Wildman–Crippen LogP) is 6.26. The van der Waals surface area contributed by atoms with Crippen LogP contribution < -0.4 is 10.3 Å². The van der Waals surface area contributed by atoms with Gasteiger partial charge in [-0.15, -0.1) is 11.3 Å². The smallest absolute Gasteiger partial charge is 0.267 e. The van der Waals surface area contributed by atoms with Crippen molar-refractivity contribution in [2.75, 3.05) is 7.11 Å². The zero-order valence-corrected chi connectivity index (χ0v) is 20.0. The first-order valence-corrected chi connectivity index (χ1v) is 12.9. The van der Waals surface area contributed by atoms with E-state index in [-0.39, 0.29) is 5.56 Å². The van der Waals surface area contributed by atoms with Crippen molar-refractivity contribution in [3.63, 3.8) is 0 Å². The summed E-state index contributed by atoms with van der Waals surface area (Å²) in [5, 5.41) is 1.58. The van der Waals surface area contributed by atoms with Gasteiger partial charge in [0, 0.05) is 10.6 Å². The molecule has 0 amide bonds. The van der Waals surface area contributed by atoms with Crippen LogP contribution in [0.2, 0.25) is 0 Å². The maximum absolute atomic E-state index is 13.8. The standard InChI is InChI=1S/C26H26N2O2S2/c1-3-17-11-14-21-22(15-17)32-24-23(21)25(29)28(19-7-5-4-6-8-19)26(27-24)31-16-18-9-12-20(30-2)13-10-18/h4-10,12-13,17H,3,11,14-16H2,1-2H3/t17-/m1/s1.